The van der Waals surface area contributed by atoms with Gasteiger partial charge in [0.15, 0.2) is 16.9 Å². The molecule has 2 aromatic heterocycles. The number of phenols is 2. The van der Waals surface area contributed by atoms with E-state index >= 15 is 0 Å². The van der Waals surface area contributed by atoms with Gasteiger partial charge in [-0.2, -0.15) is 0 Å². The van der Waals surface area contributed by atoms with Crippen LogP contribution in [0.25, 0.3) is 16.9 Å². The fraction of sp³-hybridized carbons (Fsp3) is 0. The lowest BCUT2D eigenvalue weighted by Gasteiger charge is -2.06. The lowest BCUT2D eigenvalue weighted by molar-refractivity contribution is 0.404. The molecule has 0 radical (unpaired) electrons. The molecule has 0 unspecified atom stereocenters. The number of hydrogen-bond acceptors (Lipinski definition) is 4. The number of phenolic OH excluding ortho intramolecular Hbond substituents is 2. The highest BCUT2D eigenvalue weighted by Crippen LogP contribution is 2.29. The topological polar surface area (TPSA) is 94.8 Å². The van der Waals surface area contributed by atoms with Crippen LogP contribution in [0.4, 0.5) is 0 Å². The van der Waals surface area contributed by atoms with Gasteiger partial charge in [0.05, 0.1) is 5.69 Å². The van der Waals surface area contributed by atoms with E-state index in [1.807, 2.05) is 0 Å². The molecule has 0 bridgehead atoms. The molecule has 6 nitrogen and oxygen atoms in total. The Morgan fingerprint density at radius 3 is 2.50 bits per heavy atom. The fourth-order valence-electron chi connectivity index (χ4n) is 1.98. The van der Waals surface area contributed by atoms with E-state index in [2.05, 4.69) is 4.98 Å². The average Bonchev–Trinajstić information content (AvgIpc) is 2.41. The molecule has 0 aliphatic rings. The van der Waals surface area contributed by atoms with Gasteiger partial charge in [-0.05, 0) is 18.2 Å². The van der Waals surface area contributed by atoms with Gasteiger partial charge in [0.1, 0.15) is 5.65 Å². The SMILES string of the molecule is O=c1ccn2c(=O)cc(-c3ccc(O)c(O)c3)[nH]c2c1. The predicted molar refractivity (Wildman–Crippen MR) is 73.1 cm³/mol. The number of aromatic amines is 1. The third-order valence-corrected chi connectivity index (χ3v) is 2.98. The number of nitrogens with zero attached hydrogens (tertiary/aromatic N) is 1. The molecule has 0 spiro atoms. The number of hydrogen-bond donors (Lipinski definition) is 3. The third kappa shape index (κ3) is 1.93. The Balaban J connectivity index is 2.29. The minimum absolute atomic E-state index is 0.216. The van der Waals surface area contributed by atoms with E-state index in [0.717, 1.165) is 0 Å². The van der Waals surface area contributed by atoms with Crippen molar-refractivity contribution >= 4 is 5.65 Å². The first-order chi connectivity index (χ1) is 9.54. The Bertz CT molecular complexity index is 924. The van der Waals surface area contributed by atoms with Crippen molar-refractivity contribution in [1.29, 1.82) is 0 Å². The highest BCUT2D eigenvalue weighted by atomic mass is 16.3. The molecule has 0 atom stereocenters. The normalized spacial score (nSPS) is 10.8. The summed E-state index contributed by atoms with van der Waals surface area (Å²) in [5.41, 5.74) is 0.798. The second-order valence-electron chi connectivity index (χ2n) is 4.34. The summed E-state index contributed by atoms with van der Waals surface area (Å²) in [5.74, 6) is -0.526. The Hall–Kier alpha value is -3.02. The molecule has 0 amide bonds. The minimum atomic E-state index is -0.304. The monoisotopic (exact) mass is 270 g/mol. The number of benzene rings is 1. The molecule has 100 valence electrons. The van der Waals surface area contributed by atoms with Crippen LogP contribution in [0.5, 0.6) is 11.5 Å². The van der Waals surface area contributed by atoms with Crippen LogP contribution in [0.2, 0.25) is 0 Å². The van der Waals surface area contributed by atoms with E-state index in [1.165, 1.54) is 40.9 Å². The van der Waals surface area contributed by atoms with Crippen molar-refractivity contribution in [2.75, 3.05) is 0 Å². The quantitative estimate of drug-likeness (QED) is 0.576. The van der Waals surface area contributed by atoms with Gasteiger partial charge in [-0.15, -0.1) is 0 Å². The average molecular weight is 270 g/mol. The van der Waals surface area contributed by atoms with Crippen molar-refractivity contribution in [2.45, 2.75) is 0 Å². The molecule has 0 aliphatic carbocycles. The van der Waals surface area contributed by atoms with Gasteiger partial charge in [0, 0.05) is 30.0 Å². The second-order valence-corrected chi connectivity index (χ2v) is 4.34. The van der Waals surface area contributed by atoms with E-state index < -0.39 is 0 Å². The van der Waals surface area contributed by atoms with Crippen LogP contribution in [-0.2, 0) is 0 Å². The summed E-state index contributed by atoms with van der Waals surface area (Å²) in [6.45, 7) is 0. The van der Waals surface area contributed by atoms with Gasteiger partial charge in [-0.3, -0.25) is 14.0 Å². The standard InChI is InChI=1S/C14H10N2O4/c17-9-3-4-16-13(6-9)15-10(7-14(16)20)8-1-2-11(18)12(19)5-8/h1-7,15,18-19H. The van der Waals surface area contributed by atoms with Crippen molar-refractivity contribution in [3.63, 3.8) is 0 Å². The second kappa shape index (κ2) is 4.27. The lowest BCUT2D eigenvalue weighted by Crippen LogP contribution is -2.16. The molecule has 3 N–H and O–H groups in total. The van der Waals surface area contributed by atoms with E-state index in [9.17, 15) is 19.8 Å². The van der Waals surface area contributed by atoms with Crippen LogP contribution in [0.3, 0.4) is 0 Å². The zero-order valence-electron chi connectivity index (χ0n) is 10.2. The smallest absolute Gasteiger partial charge is 0.258 e. The number of rotatable bonds is 1. The Kier molecular flexibility index (Phi) is 2.57. The predicted octanol–water partition coefficient (Wildman–Crippen LogP) is 1.07. The van der Waals surface area contributed by atoms with Crippen molar-refractivity contribution in [1.82, 2.24) is 9.38 Å². The first-order valence-corrected chi connectivity index (χ1v) is 5.83. The first-order valence-electron chi connectivity index (χ1n) is 5.83. The maximum atomic E-state index is 12.0. The molecule has 3 aromatic rings. The van der Waals surface area contributed by atoms with E-state index in [0.29, 0.717) is 16.9 Å². The van der Waals surface area contributed by atoms with Crippen LogP contribution < -0.4 is 11.0 Å². The molecule has 20 heavy (non-hydrogen) atoms. The van der Waals surface area contributed by atoms with Gasteiger partial charge in [-0.1, -0.05) is 0 Å². The van der Waals surface area contributed by atoms with Crippen molar-refractivity contribution in [3.05, 3.63) is 63.2 Å². The number of fused-ring (bicyclic) bond motifs is 1. The minimum Gasteiger partial charge on any atom is -0.504 e. The number of pyridine rings is 1. The molecule has 6 heteroatoms. The van der Waals surface area contributed by atoms with Crippen molar-refractivity contribution < 1.29 is 10.2 Å². The van der Waals surface area contributed by atoms with Crippen LogP contribution in [-0.4, -0.2) is 19.6 Å². The third-order valence-electron chi connectivity index (χ3n) is 2.98. The number of nitrogens with one attached hydrogen (secondary N) is 1. The molecule has 0 aliphatic heterocycles. The van der Waals surface area contributed by atoms with Gasteiger partial charge < -0.3 is 15.2 Å². The van der Waals surface area contributed by atoms with Gasteiger partial charge >= 0.3 is 0 Å². The van der Waals surface area contributed by atoms with Crippen LogP contribution in [0, 0.1) is 0 Å². The molecule has 0 saturated heterocycles. The number of H-pyrrole nitrogens is 1. The summed E-state index contributed by atoms with van der Waals surface area (Å²) < 4.78 is 1.31. The van der Waals surface area contributed by atoms with Gasteiger partial charge in [0.2, 0.25) is 0 Å². The summed E-state index contributed by atoms with van der Waals surface area (Å²) in [6.07, 6.45) is 1.40. The molecule has 0 saturated carbocycles. The van der Waals surface area contributed by atoms with Crippen molar-refractivity contribution in [2.24, 2.45) is 0 Å². The molecular weight excluding hydrogens is 260 g/mol. The summed E-state index contributed by atoms with van der Waals surface area (Å²) in [7, 11) is 0. The maximum Gasteiger partial charge on any atom is 0.258 e. The highest BCUT2D eigenvalue weighted by molar-refractivity contribution is 5.65. The maximum absolute atomic E-state index is 12.0. The summed E-state index contributed by atoms with van der Waals surface area (Å²) in [5, 5.41) is 18.8. The molecule has 2 heterocycles. The summed E-state index contributed by atoms with van der Waals surface area (Å²) in [6, 6.07) is 8.17. The first kappa shape index (κ1) is 12.0. The summed E-state index contributed by atoms with van der Waals surface area (Å²) in [4.78, 5) is 26.2. The van der Waals surface area contributed by atoms with Gasteiger partial charge in [0.25, 0.3) is 5.56 Å². The van der Waals surface area contributed by atoms with E-state index in [1.54, 1.807) is 6.07 Å². The lowest BCUT2D eigenvalue weighted by atomic mass is 10.1. The number of aromatic hydroxyl groups is 2. The zero-order valence-corrected chi connectivity index (χ0v) is 10.2. The van der Waals surface area contributed by atoms with Crippen LogP contribution in [0.1, 0.15) is 0 Å². The fourth-order valence-corrected chi connectivity index (χ4v) is 1.98. The zero-order chi connectivity index (χ0) is 14.3. The molecule has 3 rings (SSSR count). The van der Waals surface area contributed by atoms with Crippen molar-refractivity contribution in [3.8, 4) is 22.8 Å². The van der Waals surface area contributed by atoms with Gasteiger partial charge in [-0.25, -0.2) is 0 Å². The van der Waals surface area contributed by atoms with Crippen LogP contribution in [0.15, 0.2) is 52.2 Å². The Labute approximate surface area is 112 Å². The largest absolute Gasteiger partial charge is 0.504 e. The Morgan fingerprint density at radius 2 is 1.75 bits per heavy atom. The van der Waals surface area contributed by atoms with E-state index in [-0.39, 0.29) is 22.5 Å². The molecular formula is C14H10N2O4. The highest BCUT2D eigenvalue weighted by Gasteiger charge is 2.06. The van der Waals surface area contributed by atoms with Crippen LogP contribution >= 0.6 is 0 Å². The molecule has 0 fully saturated rings. The summed E-state index contributed by atoms with van der Waals surface area (Å²) >= 11 is 0. The number of aromatic nitrogens is 2. The Morgan fingerprint density at radius 1 is 0.950 bits per heavy atom. The van der Waals surface area contributed by atoms with E-state index in [4.69, 9.17) is 0 Å². The molecule has 1 aromatic carbocycles.